The predicted octanol–water partition coefficient (Wildman–Crippen LogP) is 1.75. The average Bonchev–Trinajstić information content (AvgIpc) is 2.78. The Morgan fingerprint density at radius 3 is 2.95 bits per heavy atom. The molecule has 6 heteroatoms. The third kappa shape index (κ3) is 3.48. The molecule has 0 aliphatic rings. The number of aromatic hydroxyl groups is 1. The highest BCUT2D eigenvalue weighted by Crippen LogP contribution is 2.20. The van der Waals surface area contributed by atoms with Gasteiger partial charge in [-0.1, -0.05) is 11.6 Å². The molecule has 1 aromatic heterocycles. The molecule has 0 atom stereocenters. The minimum atomic E-state index is -0.308. The average molecular weight is 280 g/mol. The zero-order valence-electron chi connectivity index (χ0n) is 10.4. The molecule has 5 nitrogen and oxygen atoms in total. The molecular formula is C13H14ClN3O2. The fourth-order valence-corrected chi connectivity index (χ4v) is 1.89. The van der Waals surface area contributed by atoms with Crippen LogP contribution in [-0.2, 0) is 13.5 Å². The topological polar surface area (TPSA) is 67.2 Å². The summed E-state index contributed by atoms with van der Waals surface area (Å²) in [5, 5.41) is 16.6. The summed E-state index contributed by atoms with van der Waals surface area (Å²) in [6.45, 7) is 0.460. The Bertz CT molecular complexity index is 595. The number of hydrogen-bond acceptors (Lipinski definition) is 3. The molecule has 2 rings (SSSR count). The molecule has 2 N–H and O–H groups in total. The van der Waals surface area contributed by atoms with Crippen molar-refractivity contribution >= 4 is 17.5 Å². The Hall–Kier alpha value is -2.01. The molecule has 100 valence electrons. The van der Waals surface area contributed by atoms with Crippen LogP contribution in [0.2, 0.25) is 5.02 Å². The number of hydrogen-bond donors (Lipinski definition) is 2. The van der Waals surface area contributed by atoms with Crippen LogP contribution < -0.4 is 5.32 Å². The summed E-state index contributed by atoms with van der Waals surface area (Å²) in [5.41, 5.74) is 1.17. The molecular weight excluding hydrogens is 266 g/mol. The number of nitrogens with zero attached hydrogens (tertiary/aromatic N) is 2. The molecule has 0 aliphatic carbocycles. The van der Waals surface area contributed by atoms with E-state index in [2.05, 4.69) is 10.4 Å². The van der Waals surface area contributed by atoms with E-state index >= 15 is 0 Å². The van der Waals surface area contributed by atoms with Crippen LogP contribution in [0.1, 0.15) is 16.1 Å². The molecule has 19 heavy (non-hydrogen) atoms. The fraction of sp³-hybridized carbons (Fsp3) is 0.231. The lowest BCUT2D eigenvalue weighted by molar-refractivity contribution is 0.0954. The van der Waals surface area contributed by atoms with E-state index in [1.165, 1.54) is 18.2 Å². The second kappa shape index (κ2) is 5.75. The largest absolute Gasteiger partial charge is 0.508 e. The number of rotatable bonds is 4. The molecule has 2 aromatic rings. The van der Waals surface area contributed by atoms with E-state index in [-0.39, 0.29) is 17.2 Å². The van der Waals surface area contributed by atoms with Gasteiger partial charge in [-0.05, 0) is 24.3 Å². The van der Waals surface area contributed by atoms with Gasteiger partial charge in [0.2, 0.25) is 0 Å². The highest BCUT2D eigenvalue weighted by Gasteiger charge is 2.10. The third-order valence-electron chi connectivity index (χ3n) is 2.63. The first-order chi connectivity index (χ1) is 9.06. The van der Waals surface area contributed by atoms with Crippen LogP contribution in [0.3, 0.4) is 0 Å². The highest BCUT2D eigenvalue weighted by molar-refractivity contribution is 6.33. The second-order valence-electron chi connectivity index (χ2n) is 4.15. The smallest absolute Gasteiger partial charge is 0.252 e. The molecule has 0 unspecified atom stereocenters. The number of carbonyl (C=O) groups excluding carboxylic acids is 1. The van der Waals surface area contributed by atoms with Crippen LogP contribution in [-0.4, -0.2) is 27.3 Å². The molecule has 1 heterocycles. The Morgan fingerprint density at radius 2 is 2.26 bits per heavy atom. The quantitative estimate of drug-likeness (QED) is 0.896. The van der Waals surface area contributed by atoms with Crippen molar-refractivity contribution in [2.45, 2.75) is 6.42 Å². The maximum atomic E-state index is 11.9. The highest BCUT2D eigenvalue weighted by atomic mass is 35.5. The summed E-state index contributed by atoms with van der Waals surface area (Å²) >= 11 is 5.90. The van der Waals surface area contributed by atoms with Gasteiger partial charge in [-0.3, -0.25) is 9.48 Å². The van der Waals surface area contributed by atoms with E-state index in [9.17, 15) is 9.90 Å². The molecule has 0 saturated heterocycles. The van der Waals surface area contributed by atoms with Crippen LogP contribution in [0.5, 0.6) is 5.75 Å². The van der Waals surface area contributed by atoms with Gasteiger partial charge < -0.3 is 10.4 Å². The molecule has 0 spiro atoms. The van der Waals surface area contributed by atoms with Crippen molar-refractivity contribution in [3.63, 3.8) is 0 Å². The van der Waals surface area contributed by atoms with Crippen molar-refractivity contribution in [3.8, 4) is 5.75 Å². The summed E-state index contributed by atoms with van der Waals surface area (Å²) in [6, 6.07) is 6.17. The van der Waals surface area contributed by atoms with Gasteiger partial charge in [0.1, 0.15) is 5.75 Å². The molecule has 0 fully saturated rings. The van der Waals surface area contributed by atoms with Gasteiger partial charge >= 0.3 is 0 Å². The maximum Gasteiger partial charge on any atom is 0.252 e. The second-order valence-corrected chi connectivity index (χ2v) is 4.56. The number of amides is 1. The molecule has 0 saturated carbocycles. The van der Waals surface area contributed by atoms with Crippen molar-refractivity contribution in [2.75, 3.05) is 6.54 Å². The minimum Gasteiger partial charge on any atom is -0.508 e. The van der Waals surface area contributed by atoms with Crippen LogP contribution in [0.25, 0.3) is 0 Å². The third-order valence-corrected chi connectivity index (χ3v) is 2.96. The normalized spacial score (nSPS) is 10.4. The van der Waals surface area contributed by atoms with Gasteiger partial charge in [-0.2, -0.15) is 5.10 Å². The van der Waals surface area contributed by atoms with E-state index in [0.717, 1.165) is 5.69 Å². The summed E-state index contributed by atoms with van der Waals surface area (Å²) in [7, 11) is 1.84. The van der Waals surface area contributed by atoms with Gasteiger partial charge in [-0.25, -0.2) is 0 Å². The molecule has 0 aliphatic heterocycles. The lowest BCUT2D eigenvalue weighted by Crippen LogP contribution is -2.26. The molecule has 0 bridgehead atoms. The van der Waals surface area contributed by atoms with E-state index < -0.39 is 0 Å². The Balaban J connectivity index is 1.92. The van der Waals surface area contributed by atoms with Gasteiger partial charge in [0.25, 0.3) is 5.91 Å². The molecule has 0 radical (unpaired) electrons. The van der Waals surface area contributed by atoms with Gasteiger partial charge in [0, 0.05) is 26.2 Å². The van der Waals surface area contributed by atoms with Crippen molar-refractivity contribution in [3.05, 3.63) is 46.7 Å². The zero-order chi connectivity index (χ0) is 13.8. The predicted molar refractivity (Wildman–Crippen MR) is 72.4 cm³/mol. The number of nitrogens with one attached hydrogen (secondary N) is 1. The van der Waals surface area contributed by atoms with Crippen molar-refractivity contribution in [1.82, 2.24) is 15.1 Å². The Kier molecular flexibility index (Phi) is 4.06. The molecule has 1 aromatic carbocycles. The number of carbonyl (C=O) groups is 1. The van der Waals surface area contributed by atoms with E-state index in [1.807, 2.05) is 19.3 Å². The number of phenols is 1. The van der Waals surface area contributed by atoms with Crippen LogP contribution in [0.15, 0.2) is 30.5 Å². The number of halogens is 1. The molecule has 1 amide bonds. The van der Waals surface area contributed by atoms with Crippen molar-refractivity contribution < 1.29 is 9.90 Å². The Labute approximate surface area is 115 Å². The maximum absolute atomic E-state index is 11.9. The lowest BCUT2D eigenvalue weighted by Gasteiger charge is -2.06. The van der Waals surface area contributed by atoms with Crippen LogP contribution in [0, 0.1) is 0 Å². The Morgan fingerprint density at radius 1 is 1.47 bits per heavy atom. The standard InChI is InChI=1S/C13H14ClN3O2/c1-17-7-5-9(16-17)4-6-15-13(19)11-8-10(18)2-3-12(11)14/h2-3,5,7-8,18H,4,6H2,1H3,(H,15,19). The zero-order valence-corrected chi connectivity index (χ0v) is 11.2. The van der Waals surface area contributed by atoms with Crippen molar-refractivity contribution in [1.29, 1.82) is 0 Å². The van der Waals surface area contributed by atoms with Crippen molar-refractivity contribution in [2.24, 2.45) is 7.05 Å². The fourth-order valence-electron chi connectivity index (χ4n) is 1.68. The monoisotopic (exact) mass is 279 g/mol. The first-order valence-corrected chi connectivity index (χ1v) is 6.19. The van der Waals surface area contributed by atoms with Gasteiger partial charge in [0.05, 0.1) is 16.3 Å². The minimum absolute atomic E-state index is 0.0132. The summed E-state index contributed by atoms with van der Waals surface area (Å²) in [4.78, 5) is 11.9. The van der Waals surface area contributed by atoms with E-state index in [0.29, 0.717) is 18.0 Å². The SMILES string of the molecule is Cn1ccc(CCNC(=O)c2cc(O)ccc2Cl)n1. The van der Waals surface area contributed by atoms with Crippen LogP contribution >= 0.6 is 11.6 Å². The first-order valence-electron chi connectivity index (χ1n) is 5.81. The van der Waals surface area contributed by atoms with Gasteiger partial charge in [-0.15, -0.1) is 0 Å². The first kappa shape index (κ1) is 13.4. The lowest BCUT2D eigenvalue weighted by atomic mass is 10.2. The summed E-state index contributed by atoms with van der Waals surface area (Å²) in [5.74, 6) is -0.295. The van der Waals surface area contributed by atoms with Crippen LogP contribution in [0.4, 0.5) is 0 Å². The van der Waals surface area contributed by atoms with E-state index in [4.69, 9.17) is 11.6 Å². The number of aromatic nitrogens is 2. The van der Waals surface area contributed by atoms with E-state index in [1.54, 1.807) is 4.68 Å². The summed E-state index contributed by atoms with van der Waals surface area (Å²) in [6.07, 6.45) is 2.49. The number of phenolic OH excluding ortho intramolecular Hbond substituents is 1. The summed E-state index contributed by atoms with van der Waals surface area (Å²) < 4.78 is 1.71. The number of aryl methyl sites for hydroxylation is 1. The van der Waals surface area contributed by atoms with Gasteiger partial charge in [0.15, 0.2) is 0 Å². The number of benzene rings is 1.